The van der Waals surface area contributed by atoms with Crippen LogP contribution in [0.1, 0.15) is 22.5 Å². The second kappa shape index (κ2) is 7.76. The quantitative estimate of drug-likeness (QED) is 0.679. The van der Waals surface area contributed by atoms with E-state index in [1.54, 1.807) is 25.3 Å². The van der Waals surface area contributed by atoms with E-state index in [4.69, 9.17) is 9.84 Å². The Hall–Kier alpha value is -1.46. The minimum Gasteiger partial charge on any atom is -0.394 e. The molecule has 0 spiro atoms. The van der Waals surface area contributed by atoms with Crippen LogP contribution in [0.15, 0.2) is 18.3 Å². The normalized spacial score (nSPS) is 10.2. The van der Waals surface area contributed by atoms with E-state index < -0.39 is 0 Å². The number of amides is 1. The van der Waals surface area contributed by atoms with Crippen molar-refractivity contribution in [1.82, 2.24) is 10.3 Å². The molecule has 0 aromatic carbocycles. The van der Waals surface area contributed by atoms with Crippen molar-refractivity contribution in [2.24, 2.45) is 0 Å². The van der Waals surface area contributed by atoms with Crippen LogP contribution in [0.3, 0.4) is 0 Å². The summed E-state index contributed by atoms with van der Waals surface area (Å²) in [7, 11) is 0. The lowest BCUT2D eigenvalue weighted by atomic mass is 10.2. The van der Waals surface area contributed by atoms with E-state index in [9.17, 15) is 4.79 Å². The molecule has 1 aromatic rings. The predicted molar refractivity (Wildman–Crippen MR) is 63.8 cm³/mol. The molecule has 0 saturated carbocycles. The molecule has 5 heteroatoms. The lowest BCUT2D eigenvalue weighted by Gasteiger charge is -2.07. The topological polar surface area (TPSA) is 71.5 Å². The van der Waals surface area contributed by atoms with Gasteiger partial charge in [0.05, 0.1) is 18.8 Å². The molecule has 5 nitrogen and oxygen atoms in total. The highest BCUT2D eigenvalue weighted by molar-refractivity contribution is 5.95. The number of pyridine rings is 1. The van der Waals surface area contributed by atoms with Crippen molar-refractivity contribution in [1.29, 1.82) is 0 Å². The van der Waals surface area contributed by atoms with Crippen LogP contribution in [-0.4, -0.2) is 42.4 Å². The van der Waals surface area contributed by atoms with Crippen LogP contribution in [-0.2, 0) is 4.74 Å². The standard InChI is InChI=1S/C12H18N2O3/c1-10-11(4-2-5-13-10)12(16)14-6-3-8-17-9-7-15/h2,4-5,15H,3,6-9H2,1H3,(H,14,16). The summed E-state index contributed by atoms with van der Waals surface area (Å²) >= 11 is 0. The summed E-state index contributed by atoms with van der Waals surface area (Å²) in [5.74, 6) is -0.113. The number of carbonyl (C=O) groups excluding carboxylic acids is 1. The van der Waals surface area contributed by atoms with Gasteiger partial charge in [-0.05, 0) is 25.5 Å². The van der Waals surface area contributed by atoms with Gasteiger partial charge in [-0.2, -0.15) is 0 Å². The first kappa shape index (κ1) is 13.6. The van der Waals surface area contributed by atoms with Gasteiger partial charge >= 0.3 is 0 Å². The van der Waals surface area contributed by atoms with Crippen molar-refractivity contribution in [3.8, 4) is 0 Å². The van der Waals surface area contributed by atoms with Crippen molar-refractivity contribution < 1.29 is 14.6 Å². The van der Waals surface area contributed by atoms with Crippen LogP contribution in [0.4, 0.5) is 0 Å². The Kier molecular flexibility index (Phi) is 6.21. The Bertz CT molecular complexity index is 355. The van der Waals surface area contributed by atoms with Crippen LogP contribution < -0.4 is 5.32 Å². The third-order valence-electron chi connectivity index (χ3n) is 2.24. The average Bonchev–Trinajstić information content (AvgIpc) is 2.34. The Labute approximate surface area is 101 Å². The summed E-state index contributed by atoms with van der Waals surface area (Å²) in [6.45, 7) is 3.27. The molecule has 0 radical (unpaired) electrons. The molecule has 0 fully saturated rings. The van der Waals surface area contributed by atoms with Crippen LogP contribution in [0, 0.1) is 6.92 Å². The van der Waals surface area contributed by atoms with Crippen LogP contribution in [0.2, 0.25) is 0 Å². The summed E-state index contributed by atoms with van der Waals surface area (Å²) in [5, 5.41) is 11.3. The zero-order chi connectivity index (χ0) is 12.5. The molecule has 1 heterocycles. The van der Waals surface area contributed by atoms with Crippen LogP contribution in [0.5, 0.6) is 0 Å². The fourth-order valence-electron chi connectivity index (χ4n) is 1.36. The fourth-order valence-corrected chi connectivity index (χ4v) is 1.36. The van der Waals surface area contributed by atoms with Gasteiger partial charge in [0.2, 0.25) is 0 Å². The van der Waals surface area contributed by atoms with Gasteiger partial charge in [0.25, 0.3) is 5.91 Å². The molecular formula is C12H18N2O3. The number of aliphatic hydroxyl groups is 1. The molecule has 0 aliphatic heterocycles. The Morgan fingerprint density at radius 3 is 3.06 bits per heavy atom. The van der Waals surface area contributed by atoms with Gasteiger partial charge in [0, 0.05) is 25.0 Å². The number of carbonyl (C=O) groups is 1. The molecule has 0 saturated heterocycles. The Morgan fingerprint density at radius 2 is 2.35 bits per heavy atom. The molecule has 1 amide bonds. The maximum absolute atomic E-state index is 11.7. The number of aliphatic hydroxyl groups excluding tert-OH is 1. The average molecular weight is 238 g/mol. The molecule has 0 atom stereocenters. The van der Waals surface area contributed by atoms with Crippen molar-refractivity contribution in [2.45, 2.75) is 13.3 Å². The molecule has 2 N–H and O–H groups in total. The van der Waals surface area contributed by atoms with E-state index in [0.717, 1.165) is 12.1 Å². The first-order chi connectivity index (χ1) is 8.25. The van der Waals surface area contributed by atoms with Crippen molar-refractivity contribution in [3.63, 3.8) is 0 Å². The molecule has 94 valence electrons. The third-order valence-corrected chi connectivity index (χ3v) is 2.24. The van der Waals surface area contributed by atoms with Gasteiger partial charge in [-0.3, -0.25) is 9.78 Å². The fraction of sp³-hybridized carbons (Fsp3) is 0.500. The van der Waals surface area contributed by atoms with E-state index in [1.807, 2.05) is 0 Å². The minimum absolute atomic E-state index is 0.0290. The summed E-state index contributed by atoms with van der Waals surface area (Å²) in [6, 6.07) is 3.49. The molecular weight excluding hydrogens is 220 g/mol. The van der Waals surface area contributed by atoms with Gasteiger partial charge in [0.15, 0.2) is 0 Å². The number of nitrogens with one attached hydrogen (secondary N) is 1. The zero-order valence-electron chi connectivity index (χ0n) is 9.98. The SMILES string of the molecule is Cc1ncccc1C(=O)NCCCOCCO. The van der Waals surface area contributed by atoms with E-state index >= 15 is 0 Å². The predicted octanol–water partition coefficient (Wildman–Crippen LogP) is 0.519. The zero-order valence-corrected chi connectivity index (χ0v) is 9.98. The maximum atomic E-state index is 11.7. The highest BCUT2D eigenvalue weighted by Crippen LogP contribution is 2.02. The first-order valence-electron chi connectivity index (χ1n) is 5.64. The number of rotatable bonds is 7. The Morgan fingerprint density at radius 1 is 1.53 bits per heavy atom. The van der Waals surface area contributed by atoms with Crippen LogP contribution >= 0.6 is 0 Å². The monoisotopic (exact) mass is 238 g/mol. The molecule has 0 bridgehead atoms. The lowest BCUT2D eigenvalue weighted by molar-refractivity contribution is 0.0867. The molecule has 1 aromatic heterocycles. The second-order valence-electron chi connectivity index (χ2n) is 3.58. The molecule has 0 unspecified atom stereocenters. The Balaban J connectivity index is 2.24. The second-order valence-corrected chi connectivity index (χ2v) is 3.58. The highest BCUT2D eigenvalue weighted by Gasteiger charge is 2.07. The summed E-state index contributed by atoms with van der Waals surface area (Å²) in [4.78, 5) is 15.8. The minimum atomic E-state index is -0.113. The van der Waals surface area contributed by atoms with E-state index in [-0.39, 0.29) is 12.5 Å². The van der Waals surface area contributed by atoms with E-state index in [0.29, 0.717) is 25.3 Å². The summed E-state index contributed by atoms with van der Waals surface area (Å²) < 4.78 is 5.08. The number of ether oxygens (including phenoxy) is 1. The van der Waals surface area contributed by atoms with Gasteiger partial charge in [-0.15, -0.1) is 0 Å². The molecule has 0 aliphatic rings. The number of hydrogen-bond acceptors (Lipinski definition) is 4. The van der Waals surface area contributed by atoms with Gasteiger partial charge in [0.1, 0.15) is 0 Å². The van der Waals surface area contributed by atoms with Crippen molar-refractivity contribution in [2.75, 3.05) is 26.4 Å². The number of hydrogen-bond donors (Lipinski definition) is 2. The van der Waals surface area contributed by atoms with E-state index in [1.165, 1.54) is 0 Å². The highest BCUT2D eigenvalue weighted by atomic mass is 16.5. The third kappa shape index (κ3) is 4.93. The van der Waals surface area contributed by atoms with Crippen molar-refractivity contribution in [3.05, 3.63) is 29.6 Å². The van der Waals surface area contributed by atoms with E-state index in [2.05, 4.69) is 10.3 Å². The molecule has 17 heavy (non-hydrogen) atoms. The molecule has 0 aliphatic carbocycles. The molecule has 1 rings (SSSR count). The maximum Gasteiger partial charge on any atom is 0.253 e. The number of aryl methyl sites for hydroxylation is 1. The van der Waals surface area contributed by atoms with Gasteiger partial charge in [-0.1, -0.05) is 0 Å². The summed E-state index contributed by atoms with van der Waals surface area (Å²) in [6.07, 6.45) is 2.39. The number of nitrogens with zero attached hydrogens (tertiary/aromatic N) is 1. The largest absolute Gasteiger partial charge is 0.394 e. The lowest BCUT2D eigenvalue weighted by Crippen LogP contribution is -2.26. The van der Waals surface area contributed by atoms with Gasteiger partial charge in [-0.25, -0.2) is 0 Å². The van der Waals surface area contributed by atoms with Crippen LogP contribution in [0.25, 0.3) is 0 Å². The number of aromatic nitrogens is 1. The smallest absolute Gasteiger partial charge is 0.253 e. The first-order valence-corrected chi connectivity index (χ1v) is 5.64. The van der Waals surface area contributed by atoms with Crippen molar-refractivity contribution >= 4 is 5.91 Å². The summed E-state index contributed by atoms with van der Waals surface area (Å²) in [5.41, 5.74) is 1.32. The van der Waals surface area contributed by atoms with Gasteiger partial charge < -0.3 is 15.2 Å².